The monoisotopic (exact) mass is 797 g/mol. The third-order valence-corrected chi connectivity index (χ3v) is 12.0. The summed E-state index contributed by atoms with van der Waals surface area (Å²) in [4.78, 5) is 69.5. The van der Waals surface area contributed by atoms with Crippen molar-refractivity contribution < 1.29 is 28.7 Å². The molecule has 2 aromatic carbocycles. The summed E-state index contributed by atoms with van der Waals surface area (Å²) in [5, 5.41) is 15.8. The number of nitrogens with zero attached hydrogens (tertiary/aromatic N) is 5. The first-order valence-corrected chi connectivity index (χ1v) is 20.0. The maximum Gasteiger partial charge on any atom is 0.407 e. The number of nitrogens with one attached hydrogen (secondary N) is 4. The maximum absolute atomic E-state index is 13.8. The Hall–Kier alpha value is -6.69. The van der Waals surface area contributed by atoms with Crippen molar-refractivity contribution in [1.82, 2.24) is 40.0 Å². The number of hydrogen-bond acceptors (Lipinski definition) is 9. The number of rotatable bonds is 9. The van der Waals surface area contributed by atoms with Gasteiger partial charge in [-0.05, 0) is 66.0 Å². The molecule has 1 fully saturated rings. The van der Waals surface area contributed by atoms with Gasteiger partial charge in [0.25, 0.3) is 0 Å². The Kier molecular flexibility index (Phi) is 10.8. The summed E-state index contributed by atoms with van der Waals surface area (Å²) in [5.74, 6) is 0.516. The molecular weight excluding hydrogens is 751 g/mol. The number of ether oxygens (including phenoxy) is 2. The van der Waals surface area contributed by atoms with E-state index in [-0.39, 0.29) is 42.0 Å². The van der Waals surface area contributed by atoms with E-state index in [4.69, 9.17) is 14.5 Å². The highest BCUT2D eigenvalue weighted by Gasteiger charge is 2.42. The third kappa shape index (κ3) is 7.58. The molecule has 3 amide bonds. The lowest BCUT2D eigenvalue weighted by molar-refractivity contribution is -0.135. The molecule has 3 aromatic heterocycles. The molecule has 1 unspecified atom stereocenters. The zero-order valence-corrected chi connectivity index (χ0v) is 33.5. The van der Waals surface area contributed by atoms with Crippen molar-refractivity contribution in [2.24, 2.45) is 5.92 Å². The second-order valence-electron chi connectivity index (χ2n) is 15.9. The largest absolute Gasteiger partial charge is 0.453 e. The van der Waals surface area contributed by atoms with Crippen molar-refractivity contribution in [3.05, 3.63) is 95.6 Å². The molecule has 0 radical (unpaired) electrons. The number of carbonyl (C=O) groups excluding carboxylic acids is 4. The van der Waals surface area contributed by atoms with Gasteiger partial charge in [0, 0.05) is 48.9 Å². The minimum atomic E-state index is -0.726. The molecule has 1 saturated heterocycles. The quantitative estimate of drug-likeness (QED) is 0.131. The summed E-state index contributed by atoms with van der Waals surface area (Å²) >= 11 is 0. The molecule has 15 heteroatoms. The second-order valence-corrected chi connectivity index (χ2v) is 15.9. The highest BCUT2D eigenvalue weighted by molar-refractivity contribution is 5.89. The smallest absolute Gasteiger partial charge is 0.407 e. The van der Waals surface area contributed by atoms with E-state index in [9.17, 15) is 24.4 Å². The van der Waals surface area contributed by atoms with Crippen LogP contribution in [-0.2, 0) is 32.0 Å². The van der Waals surface area contributed by atoms with Gasteiger partial charge in [-0.15, -0.1) is 0 Å². The van der Waals surface area contributed by atoms with Gasteiger partial charge in [0.15, 0.2) is 0 Å². The Bertz CT molecular complexity index is 2440. The summed E-state index contributed by atoms with van der Waals surface area (Å²) in [7, 11) is 2.60. The first-order valence-electron chi connectivity index (χ1n) is 20.0. The number of alkyl carbamates (subject to hydrolysis) is 2. The van der Waals surface area contributed by atoms with E-state index in [0.29, 0.717) is 30.9 Å². The van der Waals surface area contributed by atoms with E-state index in [1.165, 1.54) is 14.2 Å². The van der Waals surface area contributed by atoms with E-state index < -0.39 is 24.1 Å². The lowest BCUT2D eigenvalue weighted by Gasteiger charge is -2.31. The zero-order chi connectivity index (χ0) is 41.4. The lowest BCUT2D eigenvalue weighted by Crippen LogP contribution is -2.51. The van der Waals surface area contributed by atoms with Gasteiger partial charge in [0.1, 0.15) is 23.5 Å². The van der Waals surface area contributed by atoms with E-state index in [1.807, 2.05) is 62.5 Å². The van der Waals surface area contributed by atoms with Crippen LogP contribution in [0.3, 0.4) is 0 Å². The molecule has 2 aliphatic heterocycles. The predicted octanol–water partition coefficient (Wildman–Crippen LogP) is 6.36. The Morgan fingerprint density at radius 3 is 2.34 bits per heavy atom. The summed E-state index contributed by atoms with van der Waals surface area (Å²) in [6, 6.07) is 16.7. The Balaban J connectivity index is 0.966. The fraction of sp³-hybridized carbons (Fsp3) is 0.386. The van der Waals surface area contributed by atoms with Crippen LogP contribution in [0.25, 0.3) is 33.6 Å². The van der Waals surface area contributed by atoms with Crippen LogP contribution >= 0.6 is 0 Å². The van der Waals surface area contributed by atoms with Crippen molar-refractivity contribution in [2.45, 2.75) is 82.5 Å². The van der Waals surface area contributed by atoms with Crippen LogP contribution < -0.4 is 10.6 Å². The predicted molar refractivity (Wildman–Crippen MR) is 217 cm³/mol. The molecule has 59 heavy (non-hydrogen) atoms. The van der Waals surface area contributed by atoms with Crippen molar-refractivity contribution in [1.29, 1.82) is 5.26 Å². The number of methoxy groups -OCH3 is 2. The summed E-state index contributed by atoms with van der Waals surface area (Å²) in [6.07, 6.45) is 7.63. The number of aryl methyl sites for hydroxylation is 1. The van der Waals surface area contributed by atoms with Gasteiger partial charge in [-0.25, -0.2) is 19.6 Å². The fourth-order valence-corrected chi connectivity index (χ4v) is 8.97. The molecule has 5 heterocycles. The molecule has 0 spiro atoms. The Morgan fingerprint density at radius 2 is 1.61 bits per heavy atom. The number of likely N-dealkylation sites (tertiary alicyclic amines) is 1. The summed E-state index contributed by atoms with van der Waals surface area (Å²) in [5.41, 5.74) is 7.52. The molecule has 15 nitrogen and oxygen atoms in total. The van der Waals surface area contributed by atoms with Crippen LogP contribution in [0.15, 0.2) is 67.1 Å². The molecule has 8 rings (SSSR count). The molecule has 0 bridgehead atoms. The SMILES string of the molecule is COC(=O)N[C@H]1CCc2ccn3c2C1C(=O)C[C@H](c1ncc(-c2ccc(-c4ccc(-c5cnc([C@@H]6CCCN6C(=O)[C@@H](NC(=O)OC)C(C)C)[nH]5)cc4C#N)cc2)[nH]1)C3. The van der Waals surface area contributed by atoms with Crippen molar-refractivity contribution >= 4 is 23.9 Å². The van der Waals surface area contributed by atoms with Crippen molar-refractivity contribution in [3.63, 3.8) is 0 Å². The molecule has 1 aliphatic carbocycles. The first-order chi connectivity index (χ1) is 28.6. The molecule has 5 atom stereocenters. The maximum atomic E-state index is 13.8. The van der Waals surface area contributed by atoms with Gasteiger partial charge in [-0.3, -0.25) is 9.59 Å². The number of imidazole rings is 2. The molecule has 0 saturated carbocycles. The number of nitriles is 1. The van der Waals surface area contributed by atoms with Crippen LogP contribution in [0.5, 0.6) is 0 Å². The van der Waals surface area contributed by atoms with Crippen LogP contribution in [0.4, 0.5) is 9.59 Å². The molecular formula is C44H47N9O6. The second kappa shape index (κ2) is 16.3. The number of aromatic nitrogens is 5. The van der Waals surface area contributed by atoms with E-state index in [0.717, 1.165) is 70.0 Å². The lowest BCUT2D eigenvalue weighted by atomic mass is 9.79. The number of Topliss-reactive ketones (excluding diaryl/α,β-unsaturated/α-hetero) is 1. The number of amides is 3. The first kappa shape index (κ1) is 39.2. The average Bonchev–Trinajstić information content (AvgIpc) is 4.08. The standard InChI is InChI=1S/C44H47N9O6/c1-24(2)38(51-44(57)59-4)42(55)53-16-5-6-35(53)41-47-22-34(49-41)28-11-13-31(29(18-28)20-45)25-7-9-26(10-8-25)33-21-46-40(48-33)30-19-36(54)37-32(50-43(56)58-3)14-12-27-15-17-52(23-30)39(27)37/h7-11,13,15,17-18,21-22,24,30,32,35,37-38H,5-6,12,14,16,19,23H2,1-4H3,(H,46,48)(H,47,49)(H,50,56)(H,51,57)/t30-,32-,35-,37?,38-/m0/s1. The van der Waals surface area contributed by atoms with E-state index in [2.05, 4.69) is 42.3 Å². The Labute approximate surface area is 341 Å². The number of hydrogen-bond donors (Lipinski definition) is 4. The Morgan fingerprint density at radius 1 is 0.915 bits per heavy atom. The molecule has 3 aliphatic rings. The van der Waals surface area contributed by atoms with Crippen LogP contribution in [-0.4, -0.2) is 86.1 Å². The summed E-state index contributed by atoms with van der Waals surface area (Å²) in [6.45, 7) is 4.90. The van der Waals surface area contributed by atoms with Crippen LogP contribution in [0.1, 0.15) is 85.9 Å². The van der Waals surface area contributed by atoms with E-state index >= 15 is 0 Å². The highest BCUT2D eigenvalue weighted by Crippen LogP contribution is 2.40. The minimum Gasteiger partial charge on any atom is -0.453 e. The molecule has 304 valence electrons. The number of carbonyl (C=O) groups is 4. The van der Waals surface area contributed by atoms with Crippen LogP contribution in [0, 0.1) is 17.2 Å². The molecule has 5 aromatic rings. The molecule has 4 N–H and O–H groups in total. The normalized spacial score (nSPS) is 20.3. The number of benzene rings is 2. The van der Waals surface area contributed by atoms with Gasteiger partial charge in [-0.1, -0.05) is 50.2 Å². The van der Waals surface area contributed by atoms with Gasteiger partial charge in [0.2, 0.25) is 5.91 Å². The average molecular weight is 798 g/mol. The van der Waals surface area contributed by atoms with Crippen molar-refractivity contribution in [2.75, 3.05) is 20.8 Å². The van der Waals surface area contributed by atoms with Crippen LogP contribution in [0.2, 0.25) is 0 Å². The highest BCUT2D eigenvalue weighted by atomic mass is 16.5. The topological polar surface area (TPSA) is 200 Å². The third-order valence-electron chi connectivity index (χ3n) is 12.0. The summed E-state index contributed by atoms with van der Waals surface area (Å²) < 4.78 is 11.8. The van der Waals surface area contributed by atoms with Gasteiger partial charge < -0.3 is 39.5 Å². The van der Waals surface area contributed by atoms with Crippen molar-refractivity contribution in [3.8, 4) is 39.7 Å². The van der Waals surface area contributed by atoms with Gasteiger partial charge >= 0.3 is 12.2 Å². The van der Waals surface area contributed by atoms with Gasteiger partial charge in [-0.2, -0.15) is 5.26 Å². The number of aromatic amines is 2. The number of ketones is 1. The van der Waals surface area contributed by atoms with Gasteiger partial charge in [0.05, 0.1) is 61.6 Å². The fourth-order valence-electron chi connectivity index (χ4n) is 8.97. The number of H-pyrrole nitrogens is 2. The minimum absolute atomic E-state index is 0.0722. The van der Waals surface area contributed by atoms with E-state index in [1.54, 1.807) is 17.3 Å². The zero-order valence-electron chi connectivity index (χ0n) is 33.5.